The maximum atomic E-state index is 12.8. The third-order valence-corrected chi connectivity index (χ3v) is 6.01. The van der Waals surface area contributed by atoms with Gasteiger partial charge in [0.2, 0.25) is 0 Å². The molecular formula is C32H31NO5. The van der Waals surface area contributed by atoms with Crippen LogP contribution in [0, 0.1) is 13.8 Å². The van der Waals surface area contributed by atoms with E-state index in [2.05, 4.69) is 5.32 Å². The average Bonchev–Trinajstić information content (AvgIpc) is 2.91. The van der Waals surface area contributed by atoms with Crippen LogP contribution in [0.15, 0.2) is 97.1 Å². The Hall–Kier alpha value is -4.58. The van der Waals surface area contributed by atoms with Gasteiger partial charge in [0.15, 0.2) is 11.5 Å². The number of aliphatic carboxylic acids is 1. The third kappa shape index (κ3) is 7.46. The lowest BCUT2D eigenvalue weighted by atomic mass is 10.0. The lowest BCUT2D eigenvalue weighted by Gasteiger charge is -2.18. The average molecular weight is 510 g/mol. The van der Waals surface area contributed by atoms with Gasteiger partial charge in [-0.2, -0.15) is 0 Å². The molecule has 38 heavy (non-hydrogen) atoms. The molecule has 0 unspecified atom stereocenters. The van der Waals surface area contributed by atoms with Crippen molar-refractivity contribution in [2.24, 2.45) is 0 Å². The van der Waals surface area contributed by atoms with Crippen LogP contribution < -0.4 is 14.8 Å². The number of hydrogen-bond acceptors (Lipinski definition) is 4. The standard InChI is InChI=1S/C32H31NO5/c1-22-15-23(2)17-27(16-22)31(34)33-28(32(35)36)18-26-13-14-29(37-20-24-9-5-3-6-10-24)30(19-26)38-21-25-11-7-4-8-12-25/h3-17,19,28H,18,20-21H2,1-2H3,(H,33,34)(H,35,36)/t28-/m0/s1. The first-order valence-electron chi connectivity index (χ1n) is 12.5. The Morgan fingerprint density at radius 1 is 0.711 bits per heavy atom. The van der Waals surface area contributed by atoms with Gasteiger partial charge in [0.1, 0.15) is 19.3 Å². The highest BCUT2D eigenvalue weighted by molar-refractivity contribution is 5.97. The lowest BCUT2D eigenvalue weighted by Crippen LogP contribution is -2.42. The van der Waals surface area contributed by atoms with E-state index in [1.165, 1.54) is 0 Å². The number of carbonyl (C=O) groups is 2. The maximum absolute atomic E-state index is 12.8. The number of carboxylic acids is 1. The van der Waals surface area contributed by atoms with Crippen LogP contribution in [-0.2, 0) is 24.4 Å². The van der Waals surface area contributed by atoms with E-state index in [1.54, 1.807) is 30.3 Å². The first-order valence-corrected chi connectivity index (χ1v) is 12.5. The topological polar surface area (TPSA) is 84.9 Å². The number of aryl methyl sites for hydroxylation is 2. The molecule has 4 aromatic carbocycles. The molecule has 1 atom stereocenters. The van der Waals surface area contributed by atoms with Crippen LogP contribution in [0.1, 0.15) is 38.2 Å². The molecule has 0 aliphatic carbocycles. The van der Waals surface area contributed by atoms with Crippen molar-refractivity contribution in [3.05, 3.63) is 130 Å². The number of ether oxygens (including phenoxy) is 2. The fourth-order valence-corrected chi connectivity index (χ4v) is 4.17. The van der Waals surface area contributed by atoms with Gasteiger partial charge in [-0.3, -0.25) is 4.79 Å². The molecule has 2 N–H and O–H groups in total. The minimum Gasteiger partial charge on any atom is -0.485 e. The molecule has 6 heteroatoms. The van der Waals surface area contributed by atoms with Crippen molar-refractivity contribution in [3.63, 3.8) is 0 Å². The predicted molar refractivity (Wildman–Crippen MR) is 146 cm³/mol. The SMILES string of the molecule is Cc1cc(C)cc(C(=O)N[C@@H](Cc2ccc(OCc3ccccc3)c(OCc3ccccc3)c2)C(=O)O)c1. The van der Waals surface area contributed by atoms with E-state index in [9.17, 15) is 14.7 Å². The van der Waals surface area contributed by atoms with Crippen molar-refractivity contribution in [1.29, 1.82) is 0 Å². The first-order chi connectivity index (χ1) is 18.4. The van der Waals surface area contributed by atoms with E-state index < -0.39 is 17.9 Å². The highest BCUT2D eigenvalue weighted by atomic mass is 16.5. The van der Waals surface area contributed by atoms with Gasteiger partial charge in [0, 0.05) is 12.0 Å². The Morgan fingerprint density at radius 3 is 1.82 bits per heavy atom. The second-order valence-electron chi connectivity index (χ2n) is 9.27. The molecule has 0 aromatic heterocycles. The monoisotopic (exact) mass is 509 g/mol. The molecule has 4 rings (SSSR count). The summed E-state index contributed by atoms with van der Waals surface area (Å²) in [6.45, 7) is 4.50. The first kappa shape index (κ1) is 26.5. The fourth-order valence-electron chi connectivity index (χ4n) is 4.17. The predicted octanol–water partition coefficient (Wildman–Crippen LogP) is 5.89. The molecule has 0 bridgehead atoms. The van der Waals surface area contributed by atoms with Gasteiger partial charge >= 0.3 is 5.97 Å². The van der Waals surface area contributed by atoms with Crippen molar-refractivity contribution >= 4 is 11.9 Å². The fraction of sp³-hybridized carbons (Fsp3) is 0.188. The quantitative estimate of drug-likeness (QED) is 0.263. The van der Waals surface area contributed by atoms with Crippen molar-refractivity contribution in [2.45, 2.75) is 39.5 Å². The van der Waals surface area contributed by atoms with E-state index in [-0.39, 0.29) is 6.42 Å². The Balaban J connectivity index is 1.52. The molecule has 194 valence electrons. The Morgan fingerprint density at radius 2 is 1.26 bits per heavy atom. The molecule has 6 nitrogen and oxygen atoms in total. The Kier molecular flexibility index (Phi) is 8.77. The van der Waals surface area contributed by atoms with Crippen LogP contribution in [0.5, 0.6) is 11.5 Å². The van der Waals surface area contributed by atoms with Gasteiger partial charge in [0.25, 0.3) is 5.91 Å². The summed E-state index contributed by atoms with van der Waals surface area (Å²) >= 11 is 0. The third-order valence-electron chi connectivity index (χ3n) is 6.01. The summed E-state index contributed by atoms with van der Waals surface area (Å²) in [5.41, 5.74) is 5.03. The van der Waals surface area contributed by atoms with E-state index in [0.29, 0.717) is 35.8 Å². The van der Waals surface area contributed by atoms with Gasteiger partial charge < -0.3 is 19.9 Å². The minimum atomic E-state index is -1.11. The van der Waals surface area contributed by atoms with Crippen molar-refractivity contribution in [3.8, 4) is 11.5 Å². The number of carboxylic acid groups (broad SMARTS) is 1. The summed E-state index contributed by atoms with van der Waals surface area (Å²) in [4.78, 5) is 24.9. The van der Waals surface area contributed by atoms with Gasteiger partial charge in [0.05, 0.1) is 0 Å². The number of carbonyl (C=O) groups excluding carboxylic acids is 1. The van der Waals surface area contributed by atoms with Crippen molar-refractivity contribution in [1.82, 2.24) is 5.32 Å². The molecule has 0 aliphatic rings. The van der Waals surface area contributed by atoms with Crippen LogP contribution in [0.2, 0.25) is 0 Å². The van der Waals surface area contributed by atoms with Gasteiger partial charge in [-0.1, -0.05) is 83.9 Å². The zero-order valence-electron chi connectivity index (χ0n) is 21.5. The number of benzene rings is 4. The molecule has 0 heterocycles. The summed E-state index contributed by atoms with van der Waals surface area (Å²) in [6.07, 6.45) is 0.0898. The molecule has 0 saturated heterocycles. The summed E-state index contributed by atoms with van der Waals surface area (Å²) in [5, 5.41) is 12.5. The summed E-state index contributed by atoms with van der Waals surface area (Å²) in [5.74, 6) is -0.474. The van der Waals surface area contributed by atoms with Crippen molar-refractivity contribution in [2.75, 3.05) is 0 Å². The number of nitrogens with one attached hydrogen (secondary N) is 1. The summed E-state index contributed by atoms with van der Waals surface area (Å²) < 4.78 is 12.2. The molecule has 0 saturated carbocycles. The summed E-state index contributed by atoms with van der Waals surface area (Å²) in [7, 11) is 0. The molecule has 1 amide bonds. The van der Waals surface area contributed by atoms with Gasteiger partial charge in [-0.15, -0.1) is 0 Å². The second-order valence-corrected chi connectivity index (χ2v) is 9.27. The summed E-state index contributed by atoms with van der Waals surface area (Å²) in [6, 6.07) is 29.3. The number of amides is 1. The van der Waals surface area contributed by atoms with Gasteiger partial charge in [-0.25, -0.2) is 4.79 Å². The lowest BCUT2D eigenvalue weighted by molar-refractivity contribution is -0.139. The van der Waals surface area contributed by atoms with Crippen LogP contribution in [0.4, 0.5) is 0 Å². The number of hydrogen-bond donors (Lipinski definition) is 2. The minimum absolute atomic E-state index is 0.0898. The molecule has 4 aromatic rings. The van der Waals surface area contributed by atoms with E-state index in [1.807, 2.05) is 80.6 Å². The molecule has 0 aliphatic heterocycles. The van der Waals surface area contributed by atoms with Crippen LogP contribution in [0.3, 0.4) is 0 Å². The molecule has 0 spiro atoms. The van der Waals surface area contributed by atoms with E-state index in [4.69, 9.17) is 9.47 Å². The maximum Gasteiger partial charge on any atom is 0.326 e. The molecule has 0 radical (unpaired) electrons. The molecule has 0 fully saturated rings. The normalized spacial score (nSPS) is 11.4. The van der Waals surface area contributed by atoms with Crippen LogP contribution in [-0.4, -0.2) is 23.0 Å². The Bertz CT molecular complexity index is 1370. The number of rotatable bonds is 11. The zero-order valence-corrected chi connectivity index (χ0v) is 21.5. The zero-order chi connectivity index (χ0) is 26.9. The van der Waals surface area contributed by atoms with E-state index >= 15 is 0 Å². The highest BCUT2D eigenvalue weighted by Gasteiger charge is 2.22. The highest BCUT2D eigenvalue weighted by Crippen LogP contribution is 2.30. The van der Waals surface area contributed by atoms with Crippen LogP contribution >= 0.6 is 0 Å². The van der Waals surface area contributed by atoms with Gasteiger partial charge in [-0.05, 0) is 54.8 Å². The largest absolute Gasteiger partial charge is 0.485 e. The second kappa shape index (κ2) is 12.6. The van der Waals surface area contributed by atoms with Crippen molar-refractivity contribution < 1.29 is 24.2 Å². The smallest absolute Gasteiger partial charge is 0.326 e. The Labute approximate surface area is 222 Å². The van der Waals surface area contributed by atoms with E-state index in [0.717, 1.165) is 22.3 Å². The molecular weight excluding hydrogens is 478 g/mol. The van der Waals surface area contributed by atoms with Crippen LogP contribution in [0.25, 0.3) is 0 Å².